The van der Waals surface area contributed by atoms with Crippen LogP contribution in [-0.4, -0.2) is 16.4 Å². The molecule has 0 aliphatic carbocycles. The Bertz CT molecular complexity index is 491. The van der Waals surface area contributed by atoms with Crippen molar-refractivity contribution in [3.05, 3.63) is 41.6 Å². The van der Waals surface area contributed by atoms with Crippen LogP contribution in [0.4, 0.5) is 5.69 Å². The fraction of sp³-hybridized carbons (Fsp3) is 0.308. The maximum atomic E-state index is 5.87. The van der Waals surface area contributed by atoms with Crippen molar-refractivity contribution in [2.75, 3.05) is 12.3 Å². The number of benzene rings is 1. The van der Waals surface area contributed by atoms with Gasteiger partial charge in [0, 0.05) is 13.5 Å². The Balaban J connectivity index is 1.95. The van der Waals surface area contributed by atoms with Crippen LogP contribution in [0.3, 0.4) is 0 Å². The summed E-state index contributed by atoms with van der Waals surface area (Å²) >= 11 is 0. The first-order chi connectivity index (χ1) is 8.18. The van der Waals surface area contributed by atoms with E-state index in [0.717, 1.165) is 12.1 Å². The summed E-state index contributed by atoms with van der Waals surface area (Å²) in [5.74, 6) is 0.651. The van der Waals surface area contributed by atoms with E-state index in [-0.39, 0.29) is 0 Å². The minimum Gasteiger partial charge on any atom is -0.476 e. The van der Waals surface area contributed by atoms with Gasteiger partial charge in [-0.3, -0.25) is 0 Å². The van der Waals surface area contributed by atoms with Crippen LogP contribution in [-0.2, 0) is 13.5 Å². The number of anilines is 1. The van der Waals surface area contributed by atoms with Crippen molar-refractivity contribution < 1.29 is 4.74 Å². The molecule has 4 nitrogen and oxygen atoms in total. The normalized spacial score (nSPS) is 10.5. The van der Waals surface area contributed by atoms with Gasteiger partial charge in [-0.15, -0.1) is 0 Å². The van der Waals surface area contributed by atoms with Crippen molar-refractivity contribution in [1.29, 1.82) is 0 Å². The Morgan fingerprint density at radius 1 is 1.29 bits per heavy atom. The number of nitrogens with zero attached hydrogens (tertiary/aromatic N) is 2. The van der Waals surface area contributed by atoms with Gasteiger partial charge in [0.2, 0.25) is 5.88 Å². The minimum atomic E-state index is 0.604. The van der Waals surface area contributed by atoms with Crippen LogP contribution in [0, 0.1) is 6.92 Å². The van der Waals surface area contributed by atoms with E-state index in [1.54, 1.807) is 4.68 Å². The molecule has 0 aliphatic rings. The Hall–Kier alpha value is -1.97. The quantitative estimate of drug-likeness (QED) is 0.874. The maximum Gasteiger partial charge on any atom is 0.235 e. The third kappa shape index (κ3) is 2.58. The van der Waals surface area contributed by atoms with Gasteiger partial charge in [-0.1, -0.05) is 30.3 Å². The zero-order valence-electron chi connectivity index (χ0n) is 10.2. The van der Waals surface area contributed by atoms with Crippen LogP contribution >= 0.6 is 0 Å². The van der Waals surface area contributed by atoms with Crippen molar-refractivity contribution in [3.63, 3.8) is 0 Å². The van der Waals surface area contributed by atoms with Crippen molar-refractivity contribution in [2.24, 2.45) is 7.05 Å². The van der Waals surface area contributed by atoms with Gasteiger partial charge in [-0.2, -0.15) is 5.10 Å². The average molecular weight is 231 g/mol. The van der Waals surface area contributed by atoms with Gasteiger partial charge in [0.1, 0.15) is 5.69 Å². The molecule has 90 valence electrons. The van der Waals surface area contributed by atoms with E-state index in [2.05, 4.69) is 17.2 Å². The molecule has 0 unspecified atom stereocenters. The van der Waals surface area contributed by atoms with Crippen LogP contribution in [0.5, 0.6) is 5.88 Å². The largest absolute Gasteiger partial charge is 0.476 e. The SMILES string of the molecule is Cc1nn(C)c(OCCc2ccccc2)c1N. The molecule has 4 heteroatoms. The van der Waals surface area contributed by atoms with E-state index in [9.17, 15) is 0 Å². The second-order valence-electron chi connectivity index (χ2n) is 4.01. The first-order valence-electron chi connectivity index (χ1n) is 5.64. The summed E-state index contributed by atoms with van der Waals surface area (Å²) < 4.78 is 7.34. The van der Waals surface area contributed by atoms with Crippen LogP contribution < -0.4 is 10.5 Å². The summed E-state index contributed by atoms with van der Waals surface area (Å²) in [5.41, 5.74) is 8.56. The van der Waals surface area contributed by atoms with Gasteiger partial charge < -0.3 is 10.5 Å². The lowest BCUT2D eigenvalue weighted by Gasteiger charge is -2.07. The Morgan fingerprint density at radius 2 is 2.00 bits per heavy atom. The summed E-state index contributed by atoms with van der Waals surface area (Å²) in [6.07, 6.45) is 0.866. The molecule has 1 aromatic carbocycles. The van der Waals surface area contributed by atoms with Gasteiger partial charge in [-0.25, -0.2) is 4.68 Å². The molecule has 1 heterocycles. The number of nitrogen functional groups attached to an aromatic ring is 1. The summed E-state index contributed by atoms with van der Waals surface area (Å²) in [5, 5.41) is 4.20. The van der Waals surface area contributed by atoms with Gasteiger partial charge in [0.05, 0.1) is 12.3 Å². The molecule has 0 radical (unpaired) electrons. The topological polar surface area (TPSA) is 53.1 Å². The molecule has 2 aromatic rings. The molecule has 2 rings (SSSR count). The fourth-order valence-electron chi connectivity index (χ4n) is 1.73. The van der Waals surface area contributed by atoms with E-state index in [4.69, 9.17) is 10.5 Å². The van der Waals surface area contributed by atoms with Gasteiger partial charge >= 0.3 is 0 Å². The number of hydrogen-bond donors (Lipinski definition) is 1. The zero-order chi connectivity index (χ0) is 12.3. The van der Waals surface area contributed by atoms with Crippen molar-refractivity contribution in [1.82, 2.24) is 9.78 Å². The molecule has 1 aromatic heterocycles. The van der Waals surface area contributed by atoms with Crippen LogP contribution in [0.1, 0.15) is 11.3 Å². The lowest BCUT2D eigenvalue weighted by atomic mass is 10.2. The Morgan fingerprint density at radius 3 is 2.59 bits per heavy atom. The molecule has 0 bridgehead atoms. The van der Waals surface area contributed by atoms with E-state index >= 15 is 0 Å². The molecular weight excluding hydrogens is 214 g/mol. The average Bonchev–Trinajstić information content (AvgIpc) is 2.57. The minimum absolute atomic E-state index is 0.604. The van der Waals surface area contributed by atoms with Gasteiger partial charge in [-0.05, 0) is 12.5 Å². The predicted molar refractivity (Wildman–Crippen MR) is 68.0 cm³/mol. The number of aryl methyl sites for hydroxylation is 2. The van der Waals surface area contributed by atoms with E-state index in [0.29, 0.717) is 18.2 Å². The molecule has 0 saturated heterocycles. The van der Waals surface area contributed by atoms with E-state index in [1.165, 1.54) is 5.56 Å². The molecule has 0 atom stereocenters. The monoisotopic (exact) mass is 231 g/mol. The third-order valence-corrected chi connectivity index (χ3v) is 2.69. The number of hydrogen-bond acceptors (Lipinski definition) is 3. The lowest BCUT2D eigenvalue weighted by molar-refractivity contribution is 0.295. The molecule has 0 aliphatic heterocycles. The molecule has 0 saturated carbocycles. The zero-order valence-corrected chi connectivity index (χ0v) is 10.2. The van der Waals surface area contributed by atoms with Crippen molar-refractivity contribution in [2.45, 2.75) is 13.3 Å². The summed E-state index contributed by atoms with van der Waals surface area (Å²) in [7, 11) is 1.83. The van der Waals surface area contributed by atoms with Crippen LogP contribution in [0.25, 0.3) is 0 Å². The summed E-state index contributed by atoms with van der Waals surface area (Å²) in [6.45, 7) is 2.48. The summed E-state index contributed by atoms with van der Waals surface area (Å²) in [6, 6.07) is 10.2. The van der Waals surface area contributed by atoms with Gasteiger partial charge in [0.15, 0.2) is 0 Å². The Labute approximate surface area is 101 Å². The van der Waals surface area contributed by atoms with Crippen molar-refractivity contribution in [3.8, 4) is 5.88 Å². The summed E-state index contributed by atoms with van der Waals surface area (Å²) in [4.78, 5) is 0. The number of aromatic nitrogens is 2. The molecule has 0 fully saturated rings. The second kappa shape index (κ2) is 4.91. The number of nitrogens with two attached hydrogens (primary N) is 1. The highest BCUT2D eigenvalue weighted by Crippen LogP contribution is 2.23. The Kier molecular flexibility index (Phi) is 3.32. The number of rotatable bonds is 4. The first-order valence-corrected chi connectivity index (χ1v) is 5.64. The van der Waals surface area contributed by atoms with Gasteiger partial charge in [0.25, 0.3) is 0 Å². The highest BCUT2D eigenvalue weighted by molar-refractivity contribution is 5.52. The third-order valence-electron chi connectivity index (χ3n) is 2.69. The van der Waals surface area contributed by atoms with Crippen molar-refractivity contribution >= 4 is 5.69 Å². The predicted octanol–water partition coefficient (Wildman–Crippen LogP) is 1.93. The number of ether oxygens (including phenoxy) is 1. The maximum absolute atomic E-state index is 5.87. The highest BCUT2D eigenvalue weighted by atomic mass is 16.5. The lowest BCUT2D eigenvalue weighted by Crippen LogP contribution is -2.06. The van der Waals surface area contributed by atoms with Crippen LogP contribution in [0.15, 0.2) is 30.3 Å². The highest BCUT2D eigenvalue weighted by Gasteiger charge is 2.10. The van der Waals surface area contributed by atoms with E-state index < -0.39 is 0 Å². The fourth-order valence-corrected chi connectivity index (χ4v) is 1.73. The molecular formula is C13H17N3O. The molecule has 17 heavy (non-hydrogen) atoms. The van der Waals surface area contributed by atoms with E-state index in [1.807, 2.05) is 32.2 Å². The molecule has 0 amide bonds. The smallest absolute Gasteiger partial charge is 0.235 e. The standard InChI is InChI=1S/C13H17N3O/c1-10-12(14)13(16(2)15-10)17-9-8-11-6-4-3-5-7-11/h3-7H,8-9,14H2,1-2H3. The van der Waals surface area contributed by atoms with Crippen LogP contribution in [0.2, 0.25) is 0 Å². The first kappa shape index (κ1) is 11.5. The second-order valence-corrected chi connectivity index (χ2v) is 4.01. The molecule has 0 spiro atoms. The molecule has 2 N–H and O–H groups in total.